The molecule has 0 amide bonds. The van der Waals surface area contributed by atoms with Crippen LogP contribution in [0.15, 0.2) is 18.2 Å². The molecule has 0 spiro atoms. The summed E-state index contributed by atoms with van der Waals surface area (Å²) in [5.74, 6) is 0.710. The Kier molecular flexibility index (Phi) is 2.38. The van der Waals surface area contributed by atoms with E-state index >= 15 is 0 Å². The summed E-state index contributed by atoms with van der Waals surface area (Å²) in [5, 5.41) is 0. The van der Waals surface area contributed by atoms with E-state index in [1.54, 1.807) is 0 Å². The van der Waals surface area contributed by atoms with Crippen LogP contribution in [0.1, 0.15) is 18.1 Å². The van der Waals surface area contributed by atoms with Crippen molar-refractivity contribution in [3.63, 3.8) is 0 Å². The zero-order valence-electron chi connectivity index (χ0n) is 8.32. The molecule has 76 valence electrons. The average Bonchev–Trinajstić information content (AvgIpc) is 2.40. The number of hydrogen-bond acceptors (Lipinski definition) is 3. The van der Waals surface area contributed by atoms with Crippen LogP contribution in [0.3, 0.4) is 0 Å². The maximum Gasteiger partial charge on any atom is 0.383 e. The Morgan fingerprint density at radius 2 is 2.36 bits per heavy atom. The van der Waals surface area contributed by atoms with Crippen LogP contribution in [-0.4, -0.2) is 6.61 Å². The fourth-order valence-electron chi connectivity index (χ4n) is 1.54. The van der Waals surface area contributed by atoms with Crippen LogP contribution >= 0.6 is 7.60 Å². The second-order valence-electron chi connectivity index (χ2n) is 3.39. The van der Waals surface area contributed by atoms with Gasteiger partial charge in [0.15, 0.2) is 0 Å². The number of benzene rings is 1. The van der Waals surface area contributed by atoms with Gasteiger partial charge in [-0.1, -0.05) is 12.1 Å². The Hall–Kier alpha value is -0.790. The van der Waals surface area contributed by atoms with Gasteiger partial charge in [0.2, 0.25) is 0 Å². The summed E-state index contributed by atoms with van der Waals surface area (Å²) in [7, 11) is -2.87. The van der Waals surface area contributed by atoms with Gasteiger partial charge in [0.1, 0.15) is 5.75 Å². The van der Waals surface area contributed by atoms with Crippen molar-refractivity contribution in [1.82, 2.24) is 0 Å². The van der Waals surface area contributed by atoms with Crippen LogP contribution in [0, 0.1) is 6.92 Å². The second-order valence-corrected chi connectivity index (χ2v) is 5.37. The van der Waals surface area contributed by atoms with E-state index in [9.17, 15) is 4.57 Å². The lowest BCUT2D eigenvalue weighted by molar-refractivity contribution is 0.285. The second kappa shape index (κ2) is 3.41. The third-order valence-electron chi connectivity index (χ3n) is 2.15. The van der Waals surface area contributed by atoms with Crippen molar-refractivity contribution in [2.45, 2.75) is 20.0 Å². The lowest BCUT2D eigenvalue weighted by Crippen LogP contribution is -1.92. The van der Waals surface area contributed by atoms with Crippen molar-refractivity contribution in [3.05, 3.63) is 29.3 Å². The number of fused-ring (bicyclic) bond motifs is 1. The molecule has 1 unspecified atom stereocenters. The quantitative estimate of drug-likeness (QED) is 0.706. The van der Waals surface area contributed by atoms with Gasteiger partial charge in [0.05, 0.1) is 12.8 Å². The number of aryl methyl sites for hydroxylation is 1. The van der Waals surface area contributed by atoms with Crippen molar-refractivity contribution in [1.29, 1.82) is 0 Å². The van der Waals surface area contributed by atoms with Crippen LogP contribution in [0.2, 0.25) is 0 Å². The molecule has 14 heavy (non-hydrogen) atoms. The van der Waals surface area contributed by atoms with E-state index in [1.165, 1.54) is 0 Å². The van der Waals surface area contributed by atoms with E-state index in [0.29, 0.717) is 18.5 Å². The first kappa shape index (κ1) is 9.75. The summed E-state index contributed by atoms with van der Waals surface area (Å²) in [5.41, 5.74) is 2.08. The van der Waals surface area contributed by atoms with Crippen molar-refractivity contribution in [3.8, 4) is 5.75 Å². The molecule has 1 aromatic rings. The predicted octanol–water partition coefficient (Wildman–Crippen LogP) is 3.12. The molecule has 1 aliphatic rings. The Morgan fingerprint density at radius 1 is 1.57 bits per heavy atom. The van der Waals surface area contributed by atoms with Gasteiger partial charge in [-0.2, -0.15) is 0 Å². The molecule has 0 fully saturated rings. The van der Waals surface area contributed by atoms with Crippen molar-refractivity contribution < 1.29 is 13.6 Å². The Balaban J connectivity index is 2.30. The van der Waals surface area contributed by atoms with Crippen LogP contribution in [0.4, 0.5) is 0 Å². The molecule has 0 saturated carbocycles. The molecule has 0 aliphatic carbocycles. The first-order valence-corrected chi connectivity index (χ1v) is 6.38. The minimum Gasteiger partial charge on any atom is -0.424 e. The third kappa shape index (κ3) is 1.70. The maximum absolute atomic E-state index is 11.9. The summed E-state index contributed by atoms with van der Waals surface area (Å²) in [6.45, 7) is 4.22. The predicted molar refractivity (Wildman–Crippen MR) is 54.7 cm³/mol. The first-order valence-electron chi connectivity index (χ1n) is 4.66. The number of rotatable bonds is 2. The Bertz CT molecular complexity index is 400. The molecule has 1 aliphatic heterocycles. The molecular weight excluding hydrogens is 199 g/mol. The highest BCUT2D eigenvalue weighted by atomic mass is 31.2. The van der Waals surface area contributed by atoms with Crippen molar-refractivity contribution in [2.24, 2.45) is 0 Å². The molecule has 0 saturated heterocycles. The molecule has 4 heteroatoms. The first-order chi connectivity index (χ1) is 6.63. The normalized spacial score (nSPS) is 24.4. The number of hydrogen-bond donors (Lipinski definition) is 0. The van der Waals surface area contributed by atoms with Crippen molar-refractivity contribution >= 4 is 7.60 Å². The zero-order valence-corrected chi connectivity index (χ0v) is 9.21. The van der Waals surface area contributed by atoms with Gasteiger partial charge in [0, 0.05) is 5.56 Å². The van der Waals surface area contributed by atoms with E-state index in [2.05, 4.69) is 0 Å². The molecule has 2 rings (SSSR count). The lowest BCUT2D eigenvalue weighted by Gasteiger charge is -2.09. The summed E-state index contributed by atoms with van der Waals surface area (Å²) in [4.78, 5) is 0. The topological polar surface area (TPSA) is 35.5 Å². The van der Waals surface area contributed by atoms with E-state index in [0.717, 1.165) is 11.1 Å². The standard InChI is InChI=1S/C10H13O3P/c1-3-12-14(11)7-9-5-4-8(2)6-10(9)13-14/h4-6H,3,7H2,1-2H3. The molecule has 0 N–H and O–H groups in total. The molecule has 0 aromatic heterocycles. The Morgan fingerprint density at radius 3 is 3.07 bits per heavy atom. The Labute approximate surface area is 83.6 Å². The summed E-state index contributed by atoms with van der Waals surface area (Å²) in [6.07, 6.45) is 0.399. The molecule has 0 radical (unpaired) electrons. The van der Waals surface area contributed by atoms with Gasteiger partial charge < -0.3 is 4.52 Å². The third-order valence-corrected chi connectivity index (χ3v) is 4.00. The minimum absolute atomic E-state index is 0.399. The fraction of sp³-hybridized carbons (Fsp3) is 0.400. The van der Waals surface area contributed by atoms with Gasteiger partial charge in [-0.05, 0) is 25.5 Å². The molecule has 1 atom stereocenters. The zero-order chi connectivity index (χ0) is 10.2. The SMILES string of the molecule is CCOP1(=O)Cc2ccc(C)cc2O1. The highest BCUT2D eigenvalue weighted by Crippen LogP contribution is 2.58. The molecule has 0 bridgehead atoms. The van der Waals surface area contributed by atoms with Gasteiger partial charge >= 0.3 is 7.60 Å². The summed E-state index contributed by atoms with van der Waals surface area (Å²) in [6, 6.07) is 5.83. The van der Waals surface area contributed by atoms with E-state index in [-0.39, 0.29) is 0 Å². The van der Waals surface area contributed by atoms with Gasteiger partial charge in [-0.25, -0.2) is 4.57 Å². The van der Waals surface area contributed by atoms with Gasteiger partial charge in [-0.3, -0.25) is 4.52 Å². The van der Waals surface area contributed by atoms with Crippen LogP contribution in [0.5, 0.6) is 5.75 Å². The molecule has 1 aromatic carbocycles. The van der Waals surface area contributed by atoms with Crippen molar-refractivity contribution in [2.75, 3.05) is 6.61 Å². The highest BCUT2D eigenvalue weighted by Gasteiger charge is 2.34. The molecular formula is C10H13O3P. The van der Waals surface area contributed by atoms with Gasteiger partial charge in [-0.15, -0.1) is 0 Å². The average molecular weight is 212 g/mol. The maximum atomic E-state index is 11.9. The van der Waals surface area contributed by atoms with E-state index < -0.39 is 7.60 Å². The summed E-state index contributed by atoms with van der Waals surface area (Å²) >= 11 is 0. The van der Waals surface area contributed by atoms with E-state index in [4.69, 9.17) is 9.05 Å². The fourth-order valence-corrected chi connectivity index (χ4v) is 3.29. The summed E-state index contributed by atoms with van der Waals surface area (Å²) < 4.78 is 22.4. The monoisotopic (exact) mass is 212 g/mol. The molecule has 3 nitrogen and oxygen atoms in total. The van der Waals surface area contributed by atoms with Crippen LogP contribution in [0.25, 0.3) is 0 Å². The molecule has 1 heterocycles. The highest BCUT2D eigenvalue weighted by molar-refractivity contribution is 7.53. The van der Waals surface area contributed by atoms with E-state index in [1.807, 2.05) is 32.0 Å². The van der Waals surface area contributed by atoms with Gasteiger partial charge in [0.25, 0.3) is 0 Å². The largest absolute Gasteiger partial charge is 0.424 e. The van der Waals surface area contributed by atoms with Crippen LogP contribution < -0.4 is 4.52 Å². The lowest BCUT2D eigenvalue weighted by atomic mass is 10.1. The minimum atomic E-state index is -2.87. The smallest absolute Gasteiger partial charge is 0.383 e. The van der Waals surface area contributed by atoms with Crippen LogP contribution in [-0.2, 0) is 15.3 Å².